The maximum atomic E-state index is 13.0. The Morgan fingerprint density at radius 1 is 1.16 bits per heavy atom. The number of carboxylic acids is 1. The third-order valence-corrected chi connectivity index (χ3v) is 9.21. The lowest BCUT2D eigenvalue weighted by atomic mass is 9.70. The number of carboxylic acid groups (broad SMARTS) is 1. The molecule has 0 saturated heterocycles. The van der Waals surface area contributed by atoms with Gasteiger partial charge in [-0.2, -0.15) is 4.99 Å². The van der Waals surface area contributed by atoms with E-state index in [2.05, 4.69) is 15.0 Å². The lowest BCUT2D eigenvalue weighted by Crippen LogP contribution is -2.49. The maximum Gasteiger partial charge on any atom is 0.322 e. The van der Waals surface area contributed by atoms with Crippen molar-refractivity contribution in [3.63, 3.8) is 0 Å². The van der Waals surface area contributed by atoms with E-state index in [1.807, 2.05) is 13.8 Å². The smallest absolute Gasteiger partial charge is 0.322 e. The summed E-state index contributed by atoms with van der Waals surface area (Å²) in [5, 5.41) is 12.3. The van der Waals surface area contributed by atoms with Crippen LogP contribution in [0.5, 0.6) is 0 Å². The third-order valence-electron chi connectivity index (χ3n) is 7.69. The molecule has 2 saturated carbocycles. The Bertz CT molecular complexity index is 1220. The molecular formula is C24H33N5O7S. The average Bonchev–Trinajstić information content (AvgIpc) is 3.12. The van der Waals surface area contributed by atoms with Crippen LogP contribution in [-0.4, -0.2) is 54.8 Å². The summed E-state index contributed by atoms with van der Waals surface area (Å²) < 4.78 is 28.3. The molecule has 202 valence electrons. The van der Waals surface area contributed by atoms with Crippen molar-refractivity contribution in [3.8, 4) is 0 Å². The van der Waals surface area contributed by atoms with E-state index < -0.39 is 50.4 Å². The second-order valence-corrected chi connectivity index (χ2v) is 12.1. The molecule has 0 aromatic heterocycles. The molecule has 12 nitrogen and oxygen atoms in total. The summed E-state index contributed by atoms with van der Waals surface area (Å²) in [7, 11) is -4.08. The number of amides is 2. The molecule has 3 rings (SSSR count). The zero-order valence-electron chi connectivity index (χ0n) is 20.8. The highest BCUT2D eigenvalue weighted by atomic mass is 32.2. The number of benzene rings is 1. The van der Waals surface area contributed by atoms with Gasteiger partial charge in [-0.15, -0.1) is 0 Å². The molecule has 13 heteroatoms. The highest BCUT2D eigenvalue weighted by Gasteiger charge is 2.65. The molecule has 0 radical (unpaired) electrons. The standard InChI is InChI=1S/C24H33N5O7S/c1-23(2)15-9-10-24(23,18(30)12-15)13-37(35,36)29-17(21(33)34)11-14-3-5-16(6-4-14)27-19(31)7-8-20(32)28-22(25)26/h3-6,15,17,29H,7-13H2,1-2H3,(H,27,31)(H,33,34)(H4,25,26,28,32)/t15?,17-,24+/m0/s1. The molecule has 2 bridgehead atoms. The molecular weight excluding hydrogens is 502 g/mol. The normalized spacial score (nSPS) is 22.9. The number of anilines is 1. The van der Waals surface area contributed by atoms with Crippen LogP contribution in [-0.2, 0) is 35.6 Å². The second kappa shape index (κ2) is 10.6. The molecule has 2 amide bonds. The predicted octanol–water partition coefficient (Wildman–Crippen LogP) is 0.516. The Kier molecular flexibility index (Phi) is 8.08. The van der Waals surface area contributed by atoms with Crippen molar-refractivity contribution >= 4 is 45.2 Å². The van der Waals surface area contributed by atoms with Crippen LogP contribution in [0.1, 0.15) is 51.5 Å². The van der Waals surface area contributed by atoms with E-state index in [0.717, 1.165) is 6.42 Å². The number of carbonyl (C=O) groups excluding carboxylic acids is 3. The minimum Gasteiger partial charge on any atom is -0.480 e. The quantitative estimate of drug-likeness (QED) is 0.197. The first kappa shape index (κ1) is 28.3. The first-order chi connectivity index (χ1) is 17.1. The molecule has 1 aromatic carbocycles. The van der Waals surface area contributed by atoms with Crippen molar-refractivity contribution in [1.29, 1.82) is 0 Å². The number of hydrogen-bond donors (Lipinski definition) is 5. The molecule has 0 spiro atoms. The Labute approximate surface area is 215 Å². The van der Waals surface area contributed by atoms with Gasteiger partial charge in [0, 0.05) is 30.4 Å². The molecule has 2 fully saturated rings. The lowest BCUT2D eigenvalue weighted by molar-refractivity contribution is -0.139. The van der Waals surface area contributed by atoms with Crippen molar-refractivity contribution in [2.45, 2.75) is 58.4 Å². The van der Waals surface area contributed by atoms with Gasteiger partial charge in [0.05, 0.1) is 5.75 Å². The summed E-state index contributed by atoms with van der Waals surface area (Å²) in [5.74, 6) is -3.15. The van der Waals surface area contributed by atoms with E-state index >= 15 is 0 Å². The average molecular weight is 536 g/mol. The summed E-state index contributed by atoms with van der Waals surface area (Å²) in [5.41, 5.74) is 9.69. The Hall–Kier alpha value is -3.32. The third kappa shape index (κ3) is 6.34. The number of aliphatic carboxylic acids is 1. The van der Waals surface area contributed by atoms with Gasteiger partial charge in [0.1, 0.15) is 11.8 Å². The minimum atomic E-state index is -4.08. The summed E-state index contributed by atoms with van der Waals surface area (Å²) in [6.07, 6.45) is 1.18. The number of sulfonamides is 1. The number of hydrogen-bond acceptors (Lipinski definition) is 6. The Balaban J connectivity index is 1.60. The number of nitrogens with one attached hydrogen (secondary N) is 2. The number of rotatable bonds is 11. The van der Waals surface area contributed by atoms with Gasteiger partial charge in [0.15, 0.2) is 5.96 Å². The van der Waals surface area contributed by atoms with Gasteiger partial charge in [-0.3, -0.25) is 19.2 Å². The molecule has 37 heavy (non-hydrogen) atoms. The number of aliphatic imine (C=N–C) groups is 1. The van der Waals surface area contributed by atoms with E-state index in [0.29, 0.717) is 24.1 Å². The van der Waals surface area contributed by atoms with Gasteiger partial charge in [-0.25, -0.2) is 13.1 Å². The minimum absolute atomic E-state index is 0.0655. The van der Waals surface area contributed by atoms with Crippen molar-refractivity contribution in [3.05, 3.63) is 29.8 Å². The number of carbonyl (C=O) groups is 4. The predicted molar refractivity (Wildman–Crippen MR) is 136 cm³/mol. The van der Waals surface area contributed by atoms with Gasteiger partial charge in [-0.05, 0) is 48.3 Å². The number of nitrogens with two attached hydrogens (primary N) is 2. The Morgan fingerprint density at radius 2 is 1.81 bits per heavy atom. The van der Waals surface area contributed by atoms with E-state index in [1.165, 1.54) is 12.1 Å². The molecule has 3 atom stereocenters. The summed E-state index contributed by atoms with van der Waals surface area (Å²) >= 11 is 0. The van der Waals surface area contributed by atoms with Crippen LogP contribution in [0.2, 0.25) is 0 Å². The molecule has 2 aliphatic rings. The highest BCUT2D eigenvalue weighted by molar-refractivity contribution is 7.89. The number of fused-ring (bicyclic) bond motifs is 2. The molecule has 1 unspecified atom stereocenters. The number of ketones is 1. The van der Waals surface area contributed by atoms with Crippen molar-refractivity contribution < 1.29 is 32.7 Å². The molecule has 2 aliphatic carbocycles. The molecule has 1 aromatic rings. The van der Waals surface area contributed by atoms with Crippen molar-refractivity contribution in [2.75, 3.05) is 11.1 Å². The zero-order valence-corrected chi connectivity index (χ0v) is 21.6. The molecule has 0 aliphatic heterocycles. The maximum absolute atomic E-state index is 13.0. The van der Waals surface area contributed by atoms with E-state index in [9.17, 15) is 32.7 Å². The first-order valence-electron chi connectivity index (χ1n) is 11.9. The van der Waals surface area contributed by atoms with Gasteiger partial charge in [-0.1, -0.05) is 26.0 Å². The van der Waals surface area contributed by atoms with E-state index in [1.54, 1.807) is 12.1 Å². The van der Waals surface area contributed by atoms with Gasteiger partial charge < -0.3 is 21.9 Å². The second-order valence-electron chi connectivity index (χ2n) is 10.3. The van der Waals surface area contributed by atoms with Gasteiger partial charge in [0.25, 0.3) is 0 Å². The lowest BCUT2D eigenvalue weighted by Gasteiger charge is -2.36. The van der Waals surface area contributed by atoms with Crippen molar-refractivity contribution in [2.24, 2.45) is 33.2 Å². The van der Waals surface area contributed by atoms with Gasteiger partial charge >= 0.3 is 5.97 Å². The molecule has 7 N–H and O–H groups in total. The number of nitrogens with zero attached hydrogens (tertiary/aromatic N) is 1. The SMILES string of the molecule is CC1(C)C2CC[C@@]1(CS(=O)(=O)N[C@@H](Cc1ccc(NC(=O)CCC(=O)N=C(N)N)cc1)C(=O)O)C(=O)C2. The van der Waals surface area contributed by atoms with Crippen LogP contribution in [0.15, 0.2) is 29.3 Å². The van der Waals surface area contributed by atoms with Crippen LogP contribution in [0, 0.1) is 16.7 Å². The number of guanidine groups is 1. The first-order valence-corrected chi connectivity index (χ1v) is 13.6. The van der Waals surface area contributed by atoms with Crippen LogP contribution < -0.4 is 21.5 Å². The fourth-order valence-electron chi connectivity index (χ4n) is 5.47. The molecule has 0 heterocycles. The highest BCUT2D eigenvalue weighted by Crippen LogP contribution is 2.64. The van der Waals surface area contributed by atoms with E-state index in [4.69, 9.17) is 11.5 Å². The fraction of sp³-hybridized carbons (Fsp3) is 0.542. The summed E-state index contributed by atoms with van der Waals surface area (Å²) in [4.78, 5) is 51.4. The fourth-order valence-corrected chi connectivity index (χ4v) is 7.50. The van der Waals surface area contributed by atoms with Crippen LogP contribution in [0.25, 0.3) is 0 Å². The Morgan fingerprint density at radius 3 is 2.32 bits per heavy atom. The summed E-state index contributed by atoms with van der Waals surface area (Å²) in [6.45, 7) is 3.84. The van der Waals surface area contributed by atoms with Crippen LogP contribution >= 0.6 is 0 Å². The number of Topliss-reactive ketones (excluding diaryl/α,β-unsaturated/α-hetero) is 1. The summed E-state index contributed by atoms with van der Waals surface area (Å²) in [6, 6.07) is 4.77. The van der Waals surface area contributed by atoms with Gasteiger partial charge in [0.2, 0.25) is 21.8 Å². The zero-order chi connectivity index (χ0) is 27.6. The monoisotopic (exact) mass is 535 g/mol. The largest absolute Gasteiger partial charge is 0.480 e. The topological polar surface area (TPSA) is 211 Å². The van der Waals surface area contributed by atoms with Crippen LogP contribution in [0.4, 0.5) is 5.69 Å². The van der Waals surface area contributed by atoms with Crippen molar-refractivity contribution in [1.82, 2.24) is 4.72 Å². The van der Waals surface area contributed by atoms with E-state index in [-0.39, 0.29) is 36.9 Å². The van der Waals surface area contributed by atoms with Crippen LogP contribution in [0.3, 0.4) is 0 Å².